The third kappa shape index (κ3) is 4.81. The normalized spacial score (nSPS) is 17.7. The summed E-state index contributed by atoms with van der Waals surface area (Å²) in [5, 5.41) is 14.3. The molecule has 2 aliphatic heterocycles. The number of nitrogens with zero attached hydrogens (tertiary/aromatic N) is 8. The molecule has 2 aliphatic rings. The standard InChI is InChI=1S/C27H38N8O2/c1-7-23(32-8-10-34(11-9-32)27(5,6)17-36)21-14-20-24(15-28-21)37-13-12-33-16-22(30-25(20)33)26-29-19(4)31-35(26)18(2)3/h7,14-16,18,23,36H,1,8-13,17H2,2-6H3/t23-/m1/s1. The van der Waals surface area contributed by atoms with Crippen LogP contribution in [-0.2, 0) is 6.54 Å². The molecule has 10 nitrogen and oxygen atoms in total. The third-order valence-electron chi connectivity index (χ3n) is 7.43. The van der Waals surface area contributed by atoms with Crippen LogP contribution < -0.4 is 4.74 Å². The number of hydrogen-bond acceptors (Lipinski definition) is 8. The summed E-state index contributed by atoms with van der Waals surface area (Å²) in [7, 11) is 0. The van der Waals surface area contributed by atoms with Crippen LogP contribution in [0.5, 0.6) is 5.75 Å². The molecule has 3 aromatic rings. The monoisotopic (exact) mass is 506 g/mol. The van der Waals surface area contributed by atoms with Gasteiger partial charge in [-0.25, -0.2) is 14.6 Å². The van der Waals surface area contributed by atoms with Gasteiger partial charge in [-0.3, -0.25) is 14.8 Å². The largest absolute Gasteiger partial charge is 0.489 e. The number of pyridine rings is 1. The predicted molar refractivity (Wildman–Crippen MR) is 142 cm³/mol. The lowest BCUT2D eigenvalue weighted by Crippen LogP contribution is -2.56. The first kappa shape index (κ1) is 25.6. The Bertz CT molecular complexity index is 1270. The molecular formula is C27H38N8O2. The lowest BCUT2D eigenvalue weighted by molar-refractivity contribution is 0.00970. The SMILES string of the molecule is C=C[C@H](c1cc2c(cn1)OCCn1cc(-c3nc(C)nn3C(C)C)nc1-2)N1CCN(C(C)(C)CO)CC1. The van der Waals surface area contributed by atoms with E-state index in [0.717, 1.165) is 66.4 Å². The van der Waals surface area contributed by atoms with Crippen molar-refractivity contribution in [2.75, 3.05) is 39.4 Å². The number of aliphatic hydroxyl groups excluding tert-OH is 1. The number of aliphatic hydroxyl groups is 1. The molecule has 0 amide bonds. The summed E-state index contributed by atoms with van der Waals surface area (Å²) in [4.78, 5) is 19.2. The number of piperazine rings is 1. The number of aromatic nitrogens is 6. The van der Waals surface area contributed by atoms with Crippen LogP contribution in [0.15, 0.2) is 31.1 Å². The molecule has 3 aromatic heterocycles. The molecule has 198 valence electrons. The van der Waals surface area contributed by atoms with E-state index in [-0.39, 0.29) is 24.2 Å². The van der Waals surface area contributed by atoms with Gasteiger partial charge in [-0.1, -0.05) is 6.08 Å². The summed E-state index contributed by atoms with van der Waals surface area (Å²) in [6.07, 6.45) is 5.82. The molecule has 0 aliphatic carbocycles. The fourth-order valence-electron chi connectivity index (χ4n) is 5.20. The minimum atomic E-state index is -0.220. The van der Waals surface area contributed by atoms with E-state index in [2.05, 4.69) is 64.8 Å². The summed E-state index contributed by atoms with van der Waals surface area (Å²) >= 11 is 0. The Balaban J connectivity index is 1.46. The summed E-state index contributed by atoms with van der Waals surface area (Å²) in [5.41, 5.74) is 2.43. The maximum Gasteiger partial charge on any atom is 0.178 e. The minimum Gasteiger partial charge on any atom is -0.489 e. The van der Waals surface area contributed by atoms with Gasteiger partial charge in [-0.2, -0.15) is 5.10 Å². The van der Waals surface area contributed by atoms with Gasteiger partial charge < -0.3 is 14.4 Å². The second-order valence-electron chi connectivity index (χ2n) is 10.8. The number of rotatable bonds is 7. The molecule has 5 heterocycles. The predicted octanol–water partition coefficient (Wildman–Crippen LogP) is 3.10. The van der Waals surface area contributed by atoms with E-state index in [4.69, 9.17) is 14.7 Å². The molecule has 0 bridgehead atoms. The van der Waals surface area contributed by atoms with E-state index in [1.54, 1.807) is 0 Å². The summed E-state index contributed by atoms with van der Waals surface area (Å²) in [6, 6.07) is 2.25. The Morgan fingerprint density at radius 3 is 2.57 bits per heavy atom. The summed E-state index contributed by atoms with van der Waals surface area (Å²) in [5.74, 6) is 3.09. The zero-order chi connectivity index (χ0) is 26.3. The van der Waals surface area contributed by atoms with Gasteiger partial charge in [-0.05, 0) is 40.7 Å². The molecule has 5 rings (SSSR count). The average molecular weight is 507 g/mol. The van der Waals surface area contributed by atoms with Gasteiger partial charge in [0.15, 0.2) is 5.82 Å². The summed E-state index contributed by atoms with van der Waals surface area (Å²) in [6.45, 7) is 19.3. The Kier molecular flexibility index (Phi) is 6.91. The average Bonchev–Trinajstić information content (AvgIpc) is 3.45. The molecule has 0 spiro atoms. The van der Waals surface area contributed by atoms with Gasteiger partial charge >= 0.3 is 0 Å². The van der Waals surface area contributed by atoms with Crippen molar-refractivity contribution in [3.05, 3.63) is 42.6 Å². The van der Waals surface area contributed by atoms with E-state index in [0.29, 0.717) is 13.2 Å². The van der Waals surface area contributed by atoms with Crippen molar-refractivity contribution < 1.29 is 9.84 Å². The molecule has 1 saturated heterocycles. The zero-order valence-electron chi connectivity index (χ0n) is 22.6. The first-order valence-corrected chi connectivity index (χ1v) is 13.1. The maximum atomic E-state index is 9.77. The highest BCUT2D eigenvalue weighted by Crippen LogP contribution is 2.36. The van der Waals surface area contributed by atoms with Gasteiger partial charge in [0.2, 0.25) is 0 Å². The topological polar surface area (TPSA) is 97.4 Å². The van der Waals surface area contributed by atoms with Crippen LogP contribution in [0.4, 0.5) is 0 Å². The molecule has 37 heavy (non-hydrogen) atoms. The van der Waals surface area contributed by atoms with Gasteiger partial charge in [0.1, 0.15) is 29.7 Å². The molecule has 0 saturated carbocycles. The van der Waals surface area contributed by atoms with Gasteiger partial charge in [0, 0.05) is 44.0 Å². The fourth-order valence-corrected chi connectivity index (χ4v) is 5.20. The number of imidazole rings is 1. The number of hydrogen-bond donors (Lipinski definition) is 1. The second-order valence-corrected chi connectivity index (χ2v) is 10.8. The van der Waals surface area contributed by atoms with Gasteiger partial charge in [0.05, 0.1) is 36.6 Å². The van der Waals surface area contributed by atoms with Crippen LogP contribution >= 0.6 is 0 Å². The molecule has 0 aromatic carbocycles. The van der Waals surface area contributed by atoms with Crippen LogP contribution in [0.3, 0.4) is 0 Å². The highest BCUT2D eigenvalue weighted by Gasteiger charge is 2.32. The summed E-state index contributed by atoms with van der Waals surface area (Å²) < 4.78 is 10.1. The minimum absolute atomic E-state index is 0.0255. The van der Waals surface area contributed by atoms with Crippen molar-refractivity contribution in [2.24, 2.45) is 0 Å². The smallest absolute Gasteiger partial charge is 0.178 e. The fraction of sp³-hybridized carbons (Fsp3) is 0.556. The highest BCUT2D eigenvalue weighted by molar-refractivity contribution is 5.68. The van der Waals surface area contributed by atoms with E-state index in [1.807, 2.05) is 30.1 Å². The van der Waals surface area contributed by atoms with Crippen LogP contribution in [0, 0.1) is 6.92 Å². The third-order valence-corrected chi connectivity index (χ3v) is 7.43. The number of ether oxygens (including phenoxy) is 1. The van der Waals surface area contributed by atoms with E-state index in [1.165, 1.54) is 0 Å². The number of aryl methyl sites for hydroxylation is 1. The Morgan fingerprint density at radius 1 is 1.14 bits per heavy atom. The first-order valence-electron chi connectivity index (χ1n) is 13.1. The van der Waals surface area contributed by atoms with Gasteiger partial charge in [0.25, 0.3) is 0 Å². The Hall–Kier alpha value is -3.08. The van der Waals surface area contributed by atoms with Gasteiger partial charge in [-0.15, -0.1) is 6.58 Å². The molecular weight excluding hydrogens is 468 g/mol. The van der Waals surface area contributed by atoms with E-state index in [9.17, 15) is 5.11 Å². The van der Waals surface area contributed by atoms with Crippen molar-refractivity contribution >= 4 is 0 Å². The van der Waals surface area contributed by atoms with E-state index >= 15 is 0 Å². The van der Waals surface area contributed by atoms with Crippen molar-refractivity contribution in [2.45, 2.75) is 58.8 Å². The number of fused-ring (bicyclic) bond motifs is 3. The first-order chi connectivity index (χ1) is 17.7. The molecule has 10 heteroatoms. The molecule has 0 radical (unpaired) electrons. The molecule has 1 N–H and O–H groups in total. The van der Waals surface area contributed by atoms with Crippen molar-refractivity contribution in [1.82, 2.24) is 39.1 Å². The Labute approximate surface area is 218 Å². The Morgan fingerprint density at radius 2 is 1.89 bits per heavy atom. The maximum absolute atomic E-state index is 9.77. The van der Waals surface area contributed by atoms with Crippen LogP contribution in [0.25, 0.3) is 22.9 Å². The van der Waals surface area contributed by atoms with Crippen LogP contribution in [0.2, 0.25) is 0 Å². The molecule has 0 unspecified atom stereocenters. The van der Waals surface area contributed by atoms with Crippen LogP contribution in [-0.4, -0.2) is 89.1 Å². The quantitative estimate of drug-likeness (QED) is 0.489. The van der Waals surface area contributed by atoms with Crippen molar-refractivity contribution in [3.63, 3.8) is 0 Å². The lowest BCUT2D eigenvalue weighted by atomic mass is 10.0. The van der Waals surface area contributed by atoms with Crippen molar-refractivity contribution in [1.29, 1.82) is 0 Å². The second kappa shape index (κ2) is 10.00. The highest BCUT2D eigenvalue weighted by atomic mass is 16.5. The zero-order valence-corrected chi connectivity index (χ0v) is 22.6. The van der Waals surface area contributed by atoms with Crippen molar-refractivity contribution in [3.8, 4) is 28.7 Å². The van der Waals surface area contributed by atoms with Crippen LogP contribution in [0.1, 0.15) is 51.3 Å². The van der Waals surface area contributed by atoms with E-state index < -0.39 is 0 Å². The lowest BCUT2D eigenvalue weighted by Gasteiger charge is -2.44. The molecule has 1 fully saturated rings. The molecule has 1 atom stereocenters.